The summed E-state index contributed by atoms with van der Waals surface area (Å²) in [5, 5.41) is 10.9. The van der Waals surface area contributed by atoms with Crippen LogP contribution in [0.15, 0.2) is 65.6 Å². The van der Waals surface area contributed by atoms with Gasteiger partial charge in [0.15, 0.2) is 0 Å². The molecule has 3 aromatic rings. The van der Waals surface area contributed by atoms with Crippen LogP contribution >= 0.6 is 23.2 Å². The highest BCUT2D eigenvalue weighted by molar-refractivity contribution is 7.92. The molecule has 0 unspecified atom stereocenters. The molecule has 0 saturated heterocycles. The number of carbonyl (C=O) groups is 1. The number of halogens is 2. The van der Waals surface area contributed by atoms with Crippen LogP contribution in [0, 0.1) is 5.92 Å². The molecule has 9 nitrogen and oxygen atoms in total. The van der Waals surface area contributed by atoms with Crippen LogP contribution in [0.3, 0.4) is 0 Å². The Bertz CT molecular complexity index is 1540. The highest BCUT2D eigenvalue weighted by atomic mass is 35.5. The van der Waals surface area contributed by atoms with E-state index in [0.717, 1.165) is 5.56 Å². The summed E-state index contributed by atoms with van der Waals surface area (Å²) in [7, 11) is -0.419. The minimum atomic E-state index is -3.90. The van der Waals surface area contributed by atoms with Crippen molar-refractivity contribution in [2.45, 2.75) is 43.9 Å². The normalized spacial score (nSPS) is 18.2. The van der Waals surface area contributed by atoms with Gasteiger partial charge in [-0.05, 0) is 74.1 Å². The molecule has 1 aliphatic rings. The average Bonchev–Trinajstić information content (AvgIpc) is 3.01. The van der Waals surface area contributed by atoms with Crippen molar-refractivity contribution in [2.75, 3.05) is 38.6 Å². The third-order valence-electron chi connectivity index (χ3n) is 7.47. The summed E-state index contributed by atoms with van der Waals surface area (Å²) in [4.78, 5) is 17.4. The Kier molecular flexibility index (Phi) is 10.8. The maximum absolute atomic E-state index is 13.5. The number of aliphatic hydroxyl groups is 1. The quantitative estimate of drug-likeness (QED) is 0.315. The summed E-state index contributed by atoms with van der Waals surface area (Å²) in [5.41, 5.74) is 1.84. The number of benzene rings is 3. The lowest BCUT2D eigenvalue weighted by atomic mass is 10.0. The average molecular weight is 651 g/mol. The molecule has 232 valence electrons. The molecule has 0 fully saturated rings. The van der Waals surface area contributed by atoms with Gasteiger partial charge in [0.1, 0.15) is 17.6 Å². The van der Waals surface area contributed by atoms with E-state index in [1.807, 2.05) is 26.1 Å². The summed E-state index contributed by atoms with van der Waals surface area (Å²) >= 11 is 12.3. The van der Waals surface area contributed by atoms with Crippen molar-refractivity contribution in [1.82, 2.24) is 9.80 Å². The molecule has 4 rings (SSSR count). The van der Waals surface area contributed by atoms with Gasteiger partial charge in [0.05, 0.1) is 41.1 Å². The Morgan fingerprint density at radius 1 is 1.12 bits per heavy atom. The topological polar surface area (TPSA) is 108 Å². The first kappa shape index (κ1) is 32.9. The number of amides is 1. The number of sulfonamides is 1. The maximum Gasteiger partial charge on any atom is 0.261 e. The standard InChI is InChI=1S/C31H37Cl2N3O6S/c1-20-16-36(21(2)19-37)31(38)15-23-14-24(34-43(39,40)26-9-7-25(41-4)8-10-26)6-12-29(23)42-30(20)18-35(3)17-22-5-11-27(32)28(33)13-22/h5-14,20-21,30,34,37H,15-19H2,1-4H3/t20-,21+,30+/m0/s1. The van der Waals surface area contributed by atoms with E-state index in [4.69, 9.17) is 32.7 Å². The number of aliphatic hydroxyl groups excluding tert-OH is 1. The van der Waals surface area contributed by atoms with Crippen LogP contribution in [-0.2, 0) is 27.8 Å². The minimum absolute atomic E-state index is 0.0175. The number of hydrogen-bond acceptors (Lipinski definition) is 7. The van der Waals surface area contributed by atoms with Gasteiger partial charge < -0.3 is 19.5 Å². The lowest BCUT2D eigenvalue weighted by Gasteiger charge is -2.34. The second-order valence-electron chi connectivity index (χ2n) is 10.9. The van der Waals surface area contributed by atoms with Gasteiger partial charge in [0, 0.05) is 36.8 Å². The second kappa shape index (κ2) is 14.2. The summed E-state index contributed by atoms with van der Waals surface area (Å²) in [6.07, 6.45) is -0.344. The number of fused-ring (bicyclic) bond motifs is 1. The molecule has 1 aliphatic heterocycles. The van der Waals surface area contributed by atoms with E-state index in [-0.39, 0.29) is 35.9 Å². The van der Waals surface area contributed by atoms with Crippen molar-refractivity contribution >= 4 is 44.8 Å². The molecule has 2 N–H and O–H groups in total. The van der Waals surface area contributed by atoms with Crippen LogP contribution < -0.4 is 14.2 Å². The molecule has 3 atom stereocenters. The molecule has 0 spiro atoms. The van der Waals surface area contributed by atoms with E-state index >= 15 is 0 Å². The SMILES string of the molecule is COc1ccc(S(=O)(=O)Nc2ccc3c(c2)CC(=O)N([C@H](C)CO)C[C@H](C)[C@@H](CN(C)Cc2ccc(Cl)c(Cl)c2)O3)cc1. The molecule has 0 bridgehead atoms. The highest BCUT2D eigenvalue weighted by Crippen LogP contribution is 2.31. The van der Waals surface area contributed by atoms with E-state index < -0.39 is 16.1 Å². The number of anilines is 1. The molecular weight excluding hydrogens is 613 g/mol. The minimum Gasteiger partial charge on any atom is -0.497 e. The number of carbonyl (C=O) groups excluding carboxylic acids is 1. The fourth-order valence-electron chi connectivity index (χ4n) is 5.00. The van der Waals surface area contributed by atoms with E-state index in [9.17, 15) is 18.3 Å². The van der Waals surface area contributed by atoms with Gasteiger partial charge in [-0.15, -0.1) is 0 Å². The Morgan fingerprint density at radius 3 is 2.49 bits per heavy atom. The lowest BCUT2D eigenvalue weighted by molar-refractivity contribution is -0.134. The third-order valence-corrected chi connectivity index (χ3v) is 9.60. The Morgan fingerprint density at radius 2 is 1.84 bits per heavy atom. The van der Waals surface area contributed by atoms with Crippen LogP contribution in [0.25, 0.3) is 0 Å². The van der Waals surface area contributed by atoms with Gasteiger partial charge in [0.2, 0.25) is 5.91 Å². The van der Waals surface area contributed by atoms with E-state index in [1.54, 1.807) is 48.2 Å². The van der Waals surface area contributed by atoms with E-state index in [1.165, 1.54) is 19.2 Å². The van der Waals surface area contributed by atoms with Crippen molar-refractivity contribution in [3.8, 4) is 11.5 Å². The molecule has 0 aromatic heterocycles. The predicted molar refractivity (Wildman–Crippen MR) is 169 cm³/mol. The van der Waals surface area contributed by atoms with Crippen LogP contribution in [0.2, 0.25) is 10.0 Å². The predicted octanol–water partition coefficient (Wildman–Crippen LogP) is 5.08. The Labute approximate surface area is 263 Å². The van der Waals surface area contributed by atoms with Crippen molar-refractivity contribution < 1.29 is 27.8 Å². The summed E-state index contributed by atoms with van der Waals surface area (Å²) < 4.78 is 40.5. The van der Waals surface area contributed by atoms with E-state index in [2.05, 4.69) is 9.62 Å². The number of ether oxygens (including phenoxy) is 2. The monoisotopic (exact) mass is 649 g/mol. The van der Waals surface area contributed by atoms with Crippen LogP contribution in [0.1, 0.15) is 25.0 Å². The molecule has 0 radical (unpaired) electrons. The van der Waals surface area contributed by atoms with Crippen molar-refractivity contribution in [2.24, 2.45) is 5.92 Å². The van der Waals surface area contributed by atoms with Crippen LogP contribution in [0.4, 0.5) is 5.69 Å². The number of hydrogen-bond donors (Lipinski definition) is 2. The highest BCUT2D eigenvalue weighted by Gasteiger charge is 2.31. The molecule has 1 heterocycles. The van der Waals surface area contributed by atoms with Gasteiger partial charge in [-0.3, -0.25) is 14.4 Å². The molecule has 0 aliphatic carbocycles. The third kappa shape index (κ3) is 8.33. The first-order valence-electron chi connectivity index (χ1n) is 13.9. The number of rotatable bonds is 10. The number of nitrogens with one attached hydrogen (secondary N) is 1. The summed E-state index contributed by atoms with van der Waals surface area (Å²) in [6.45, 7) is 5.15. The number of likely N-dealkylation sites (N-methyl/N-ethyl adjacent to an activating group) is 1. The molecule has 12 heteroatoms. The fraction of sp³-hybridized carbons (Fsp3) is 0.387. The molecule has 1 amide bonds. The zero-order valence-electron chi connectivity index (χ0n) is 24.6. The van der Waals surface area contributed by atoms with Crippen LogP contribution in [0.5, 0.6) is 11.5 Å². The van der Waals surface area contributed by atoms with Gasteiger partial charge in [-0.1, -0.05) is 36.2 Å². The van der Waals surface area contributed by atoms with Gasteiger partial charge >= 0.3 is 0 Å². The first-order chi connectivity index (χ1) is 20.4. The largest absolute Gasteiger partial charge is 0.497 e. The molecular formula is C31H37Cl2N3O6S. The first-order valence-corrected chi connectivity index (χ1v) is 16.1. The van der Waals surface area contributed by atoms with Gasteiger partial charge in [0.25, 0.3) is 10.0 Å². The maximum atomic E-state index is 13.5. The zero-order chi connectivity index (χ0) is 31.3. The molecule has 3 aromatic carbocycles. The fourth-order valence-corrected chi connectivity index (χ4v) is 6.37. The Hall–Kier alpha value is -3.02. The lowest BCUT2D eigenvalue weighted by Crippen LogP contribution is -2.47. The number of methoxy groups -OCH3 is 1. The smallest absolute Gasteiger partial charge is 0.261 e. The summed E-state index contributed by atoms with van der Waals surface area (Å²) in [5.74, 6) is 0.769. The van der Waals surface area contributed by atoms with Crippen molar-refractivity contribution in [1.29, 1.82) is 0 Å². The number of nitrogens with zero attached hydrogens (tertiary/aromatic N) is 2. The van der Waals surface area contributed by atoms with Gasteiger partial charge in [-0.2, -0.15) is 0 Å². The van der Waals surface area contributed by atoms with E-state index in [0.29, 0.717) is 52.4 Å². The second-order valence-corrected chi connectivity index (χ2v) is 13.4. The van der Waals surface area contributed by atoms with Crippen LogP contribution in [-0.4, -0.2) is 75.2 Å². The van der Waals surface area contributed by atoms with Crippen molar-refractivity contribution in [3.63, 3.8) is 0 Å². The molecule has 43 heavy (non-hydrogen) atoms. The summed E-state index contributed by atoms with van der Waals surface area (Å²) in [6, 6.07) is 16.1. The van der Waals surface area contributed by atoms with Crippen molar-refractivity contribution in [3.05, 3.63) is 81.8 Å². The molecule has 0 saturated carbocycles. The zero-order valence-corrected chi connectivity index (χ0v) is 26.9. The van der Waals surface area contributed by atoms with Gasteiger partial charge in [-0.25, -0.2) is 8.42 Å². The Balaban J connectivity index is 1.62.